The summed E-state index contributed by atoms with van der Waals surface area (Å²) in [5.74, 6) is 0.479. The lowest BCUT2D eigenvalue weighted by molar-refractivity contribution is 0.120. The molecule has 0 unspecified atom stereocenters. The van der Waals surface area contributed by atoms with Gasteiger partial charge >= 0.3 is 0 Å². The molecule has 1 aliphatic carbocycles. The number of nitrogens with one attached hydrogen (secondary N) is 2. The Morgan fingerprint density at radius 1 is 1.35 bits per heavy atom. The fraction of sp³-hybridized carbons (Fsp3) is 0.562. The summed E-state index contributed by atoms with van der Waals surface area (Å²) < 4.78 is 14.2. The Labute approximate surface area is 162 Å². The largest absolute Gasteiger partial charge is 0.393 e. The van der Waals surface area contributed by atoms with Gasteiger partial charge in [0.25, 0.3) is 0 Å². The Kier molecular flexibility index (Phi) is 9.38. The number of aliphatic hydroxyl groups is 1. The maximum absolute atomic E-state index is 13.3. The molecule has 0 bridgehead atoms. The number of halogens is 3. The molecule has 130 valence electrons. The monoisotopic (exact) mass is 499 g/mol. The summed E-state index contributed by atoms with van der Waals surface area (Å²) in [4.78, 5) is 4.53. The van der Waals surface area contributed by atoms with Gasteiger partial charge in [-0.25, -0.2) is 9.38 Å². The number of rotatable bonds is 4. The van der Waals surface area contributed by atoms with Gasteiger partial charge < -0.3 is 15.7 Å². The van der Waals surface area contributed by atoms with Gasteiger partial charge in [-0.3, -0.25) is 0 Å². The third-order valence-electron chi connectivity index (χ3n) is 3.80. The first-order chi connectivity index (χ1) is 10.6. The minimum atomic E-state index is -0.257. The summed E-state index contributed by atoms with van der Waals surface area (Å²) in [6.45, 7) is 3.19. The normalized spacial score (nSPS) is 21.5. The molecule has 0 aliphatic heterocycles. The summed E-state index contributed by atoms with van der Waals surface area (Å²) >= 11 is 3.42. The molecule has 0 spiro atoms. The number of hydrogen-bond acceptors (Lipinski definition) is 2. The van der Waals surface area contributed by atoms with Gasteiger partial charge in [-0.15, -0.1) is 24.0 Å². The standard InChI is InChI=1S/C16H23BrFN3O.HI/c1-2-19-16(21-13-4-6-14(22)7-5-13)20-10-11-9-12(18)3-8-15(11)17;/h3,8-9,13-14,22H,2,4-7,10H2,1H3,(H2,19,20,21);1H. The molecule has 1 fully saturated rings. The van der Waals surface area contributed by atoms with Crippen LogP contribution in [0.2, 0.25) is 0 Å². The van der Waals surface area contributed by atoms with Crippen molar-refractivity contribution in [1.82, 2.24) is 10.6 Å². The van der Waals surface area contributed by atoms with E-state index >= 15 is 0 Å². The van der Waals surface area contributed by atoms with Crippen LogP contribution in [-0.2, 0) is 6.54 Å². The van der Waals surface area contributed by atoms with E-state index < -0.39 is 0 Å². The van der Waals surface area contributed by atoms with Gasteiger partial charge in [0.1, 0.15) is 5.82 Å². The molecular weight excluding hydrogens is 476 g/mol. The van der Waals surface area contributed by atoms with Crippen LogP contribution in [0.1, 0.15) is 38.2 Å². The number of aliphatic hydroxyl groups excluding tert-OH is 1. The number of hydrogen-bond donors (Lipinski definition) is 3. The Hall–Kier alpha value is -0.410. The van der Waals surface area contributed by atoms with Crippen LogP contribution in [0, 0.1) is 5.82 Å². The lowest BCUT2D eigenvalue weighted by atomic mass is 9.93. The van der Waals surface area contributed by atoms with E-state index in [-0.39, 0.29) is 35.9 Å². The zero-order chi connectivity index (χ0) is 15.9. The highest BCUT2D eigenvalue weighted by molar-refractivity contribution is 14.0. The van der Waals surface area contributed by atoms with Crippen molar-refractivity contribution >= 4 is 45.9 Å². The molecule has 23 heavy (non-hydrogen) atoms. The van der Waals surface area contributed by atoms with Crippen LogP contribution in [0.15, 0.2) is 27.7 Å². The molecular formula is C16H24BrFIN3O. The average molecular weight is 500 g/mol. The van der Waals surface area contributed by atoms with E-state index in [1.165, 1.54) is 12.1 Å². The molecule has 0 aromatic heterocycles. The smallest absolute Gasteiger partial charge is 0.191 e. The molecule has 0 atom stereocenters. The van der Waals surface area contributed by atoms with Gasteiger partial charge in [-0.2, -0.15) is 0 Å². The topological polar surface area (TPSA) is 56.7 Å². The summed E-state index contributed by atoms with van der Waals surface area (Å²) in [7, 11) is 0. The minimum absolute atomic E-state index is 0. The molecule has 1 saturated carbocycles. The van der Waals surface area contributed by atoms with Crippen molar-refractivity contribution < 1.29 is 9.50 Å². The first-order valence-corrected chi connectivity index (χ1v) is 8.54. The number of nitrogens with zero attached hydrogens (tertiary/aromatic N) is 1. The van der Waals surface area contributed by atoms with Crippen LogP contribution in [0.3, 0.4) is 0 Å². The van der Waals surface area contributed by atoms with Crippen LogP contribution < -0.4 is 10.6 Å². The van der Waals surface area contributed by atoms with Crippen molar-refractivity contribution in [1.29, 1.82) is 0 Å². The Bertz CT molecular complexity index is 522. The first-order valence-electron chi connectivity index (χ1n) is 7.75. The first kappa shape index (κ1) is 20.6. The van der Waals surface area contributed by atoms with Crippen molar-refractivity contribution in [2.24, 2.45) is 4.99 Å². The predicted octanol–water partition coefficient (Wildman–Crippen LogP) is 3.56. The van der Waals surface area contributed by atoms with Gasteiger partial charge in [0.15, 0.2) is 5.96 Å². The summed E-state index contributed by atoms with van der Waals surface area (Å²) in [5, 5.41) is 16.2. The summed E-state index contributed by atoms with van der Waals surface area (Å²) in [6, 6.07) is 4.95. The molecule has 0 heterocycles. The fourth-order valence-electron chi connectivity index (χ4n) is 2.56. The van der Waals surface area contributed by atoms with Crippen molar-refractivity contribution in [3.05, 3.63) is 34.1 Å². The van der Waals surface area contributed by atoms with E-state index in [0.717, 1.165) is 48.2 Å². The van der Waals surface area contributed by atoms with E-state index in [1.807, 2.05) is 6.92 Å². The van der Waals surface area contributed by atoms with Crippen molar-refractivity contribution in [3.8, 4) is 0 Å². The maximum atomic E-state index is 13.3. The quantitative estimate of drug-likeness (QED) is 0.337. The van der Waals surface area contributed by atoms with Gasteiger partial charge in [-0.1, -0.05) is 15.9 Å². The second-order valence-corrected chi connectivity index (χ2v) is 6.44. The van der Waals surface area contributed by atoms with Crippen LogP contribution in [0.25, 0.3) is 0 Å². The lowest BCUT2D eigenvalue weighted by Gasteiger charge is -2.27. The van der Waals surface area contributed by atoms with E-state index in [9.17, 15) is 9.50 Å². The van der Waals surface area contributed by atoms with Gasteiger partial charge in [0.2, 0.25) is 0 Å². The maximum Gasteiger partial charge on any atom is 0.191 e. The minimum Gasteiger partial charge on any atom is -0.393 e. The van der Waals surface area contributed by atoms with E-state index in [0.29, 0.717) is 12.6 Å². The van der Waals surface area contributed by atoms with Gasteiger partial charge in [0.05, 0.1) is 12.6 Å². The molecule has 0 amide bonds. The molecule has 7 heteroatoms. The average Bonchev–Trinajstić information content (AvgIpc) is 2.50. The molecule has 0 radical (unpaired) electrons. The Morgan fingerprint density at radius 3 is 2.70 bits per heavy atom. The zero-order valence-electron chi connectivity index (χ0n) is 13.2. The van der Waals surface area contributed by atoms with E-state index in [1.54, 1.807) is 6.07 Å². The van der Waals surface area contributed by atoms with Gasteiger partial charge in [0, 0.05) is 17.1 Å². The highest BCUT2D eigenvalue weighted by atomic mass is 127. The Balaban J connectivity index is 0.00000264. The highest BCUT2D eigenvalue weighted by Gasteiger charge is 2.19. The van der Waals surface area contributed by atoms with Gasteiger partial charge in [-0.05, 0) is 56.4 Å². The molecule has 1 aromatic rings. The number of aliphatic imine (C=N–C) groups is 1. The van der Waals surface area contributed by atoms with Crippen LogP contribution in [-0.4, -0.2) is 29.8 Å². The highest BCUT2D eigenvalue weighted by Crippen LogP contribution is 2.20. The van der Waals surface area contributed by atoms with Crippen LogP contribution >= 0.6 is 39.9 Å². The molecule has 4 nitrogen and oxygen atoms in total. The lowest BCUT2D eigenvalue weighted by Crippen LogP contribution is -2.45. The number of guanidine groups is 1. The molecule has 1 aliphatic rings. The zero-order valence-corrected chi connectivity index (χ0v) is 17.1. The van der Waals surface area contributed by atoms with Crippen LogP contribution in [0.4, 0.5) is 4.39 Å². The van der Waals surface area contributed by atoms with E-state index in [2.05, 4.69) is 31.6 Å². The molecule has 1 aromatic carbocycles. The third kappa shape index (κ3) is 6.93. The van der Waals surface area contributed by atoms with Crippen molar-refractivity contribution in [2.45, 2.75) is 51.3 Å². The second-order valence-electron chi connectivity index (χ2n) is 5.58. The fourth-order valence-corrected chi connectivity index (χ4v) is 2.93. The van der Waals surface area contributed by atoms with E-state index in [4.69, 9.17) is 0 Å². The third-order valence-corrected chi connectivity index (χ3v) is 4.57. The number of benzene rings is 1. The van der Waals surface area contributed by atoms with Crippen molar-refractivity contribution in [3.63, 3.8) is 0 Å². The molecule has 3 N–H and O–H groups in total. The predicted molar refractivity (Wildman–Crippen MR) is 106 cm³/mol. The van der Waals surface area contributed by atoms with Crippen molar-refractivity contribution in [2.75, 3.05) is 6.54 Å². The molecule has 2 rings (SSSR count). The summed E-state index contributed by atoms with van der Waals surface area (Å²) in [5.41, 5.74) is 0.816. The summed E-state index contributed by atoms with van der Waals surface area (Å²) in [6.07, 6.45) is 3.37. The second kappa shape index (κ2) is 10.5. The van der Waals surface area contributed by atoms with Crippen LogP contribution in [0.5, 0.6) is 0 Å². The Morgan fingerprint density at radius 2 is 2.04 bits per heavy atom. The molecule has 0 saturated heterocycles. The SMILES string of the molecule is CCNC(=NCc1cc(F)ccc1Br)NC1CCC(O)CC1.I.